The molecule has 0 spiro atoms. The van der Waals surface area contributed by atoms with Gasteiger partial charge in [0.2, 0.25) is 0 Å². The molecule has 2 aromatic heterocycles. The number of amides is 1. The Hall–Kier alpha value is -2.37. The van der Waals surface area contributed by atoms with Crippen LogP contribution in [0.4, 0.5) is 0 Å². The quantitative estimate of drug-likeness (QED) is 0.775. The van der Waals surface area contributed by atoms with Crippen molar-refractivity contribution in [3.05, 3.63) is 70.1 Å². The lowest BCUT2D eigenvalue weighted by Crippen LogP contribution is -2.23. The summed E-state index contributed by atoms with van der Waals surface area (Å²) in [7, 11) is 0. The summed E-state index contributed by atoms with van der Waals surface area (Å²) in [5, 5.41) is 7.38. The number of hydrogen-bond donors (Lipinski definition) is 1. The second kappa shape index (κ2) is 6.81. The predicted molar refractivity (Wildman–Crippen MR) is 87.4 cm³/mol. The summed E-state index contributed by atoms with van der Waals surface area (Å²) >= 11 is 11.8. The summed E-state index contributed by atoms with van der Waals surface area (Å²) in [6.07, 6.45) is 3.36. The van der Waals surface area contributed by atoms with Crippen molar-refractivity contribution in [1.82, 2.24) is 15.5 Å². The largest absolute Gasteiger partial charge is 0.355 e. The minimum atomic E-state index is -0.330. The maximum atomic E-state index is 12.1. The SMILES string of the molecule is O=C(NCc1cccnc1)c1cc(-c2ccc(Cl)c(Cl)c2)on1. The van der Waals surface area contributed by atoms with Crippen LogP contribution in [0.15, 0.2) is 53.3 Å². The van der Waals surface area contributed by atoms with Crippen LogP contribution in [0.25, 0.3) is 11.3 Å². The lowest BCUT2D eigenvalue weighted by Gasteiger charge is -2.01. The molecule has 0 atom stereocenters. The van der Waals surface area contributed by atoms with E-state index in [9.17, 15) is 4.79 Å². The highest BCUT2D eigenvalue weighted by molar-refractivity contribution is 6.42. The van der Waals surface area contributed by atoms with E-state index in [1.807, 2.05) is 6.07 Å². The van der Waals surface area contributed by atoms with E-state index in [4.69, 9.17) is 27.7 Å². The highest BCUT2D eigenvalue weighted by atomic mass is 35.5. The van der Waals surface area contributed by atoms with Crippen molar-refractivity contribution < 1.29 is 9.32 Å². The Bertz CT molecular complexity index is 834. The van der Waals surface area contributed by atoms with Gasteiger partial charge in [-0.1, -0.05) is 34.4 Å². The summed E-state index contributed by atoms with van der Waals surface area (Å²) in [6, 6.07) is 10.3. The maximum Gasteiger partial charge on any atom is 0.273 e. The van der Waals surface area contributed by atoms with E-state index >= 15 is 0 Å². The van der Waals surface area contributed by atoms with Gasteiger partial charge in [0.05, 0.1) is 10.0 Å². The van der Waals surface area contributed by atoms with E-state index < -0.39 is 0 Å². The van der Waals surface area contributed by atoms with Crippen molar-refractivity contribution in [2.45, 2.75) is 6.54 Å². The molecule has 7 heteroatoms. The van der Waals surface area contributed by atoms with Crippen molar-refractivity contribution in [3.8, 4) is 11.3 Å². The topological polar surface area (TPSA) is 68.0 Å². The molecule has 0 radical (unpaired) electrons. The zero-order chi connectivity index (χ0) is 16.2. The molecule has 1 amide bonds. The normalized spacial score (nSPS) is 10.5. The fourth-order valence-corrected chi connectivity index (χ4v) is 2.24. The Balaban J connectivity index is 1.71. The number of nitrogens with one attached hydrogen (secondary N) is 1. The third-order valence-corrected chi connectivity index (χ3v) is 3.86. The van der Waals surface area contributed by atoms with Gasteiger partial charge in [-0.25, -0.2) is 0 Å². The highest BCUT2D eigenvalue weighted by Gasteiger charge is 2.14. The van der Waals surface area contributed by atoms with Gasteiger partial charge in [0.15, 0.2) is 11.5 Å². The first-order valence-corrected chi connectivity index (χ1v) is 7.48. The molecule has 1 aromatic carbocycles. The smallest absolute Gasteiger partial charge is 0.273 e. The van der Waals surface area contributed by atoms with Crippen LogP contribution in [0.2, 0.25) is 10.0 Å². The van der Waals surface area contributed by atoms with Gasteiger partial charge in [-0.3, -0.25) is 9.78 Å². The van der Waals surface area contributed by atoms with E-state index in [2.05, 4.69) is 15.5 Å². The van der Waals surface area contributed by atoms with E-state index in [1.165, 1.54) is 0 Å². The molecular weight excluding hydrogens is 337 g/mol. The molecule has 3 aromatic rings. The van der Waals surface area contributed by atoms with E-state index in [0.717, 1.165) is 5.56 Å². The molecule has 5 nitrogen and oxygen atoms in total. The number of nitrogens with zero attached hydrogens (tertiary/aromatic N) is 2. The van der Waals surface area contributed by atoms with Gasteiger partial charge in [-0.2, -0.15) is 0 Å². The van der Waals surface area contributed by atoms with Crippen LogP contribution in [0.1, 0.15) is 16.1 Å². The lowest BCUT2D eigenvalue weighted by atomic mass is 10.1. The molecule has 0 saturated carbocycles. The number of carbonyl (C=O) groups is 1. The summed E-state index contributed by atoms with van der Waals surface area (Å²) in [5.74, 6) is 0.110. The van der Waals surface area contributed by atoms with Gasteiger partial charge in [0, 0.05) is 30.6 Å². The first-order chi connectivity index (χ1) is 11.1. The summed E-state index contributed by atoms with van der Waals surface area (Å²) in [6.45, 7) is 0.363. The van der Waals surface area contributed by atoms with Crippen LogP contribution in [0, 0.1) is 0 Å². The Kier molecular flexibility index (Phi) is 4.60. The lowest BCUT2D eigenvalue weighted by molar-refractivity contribution is 0.0942. The minimum Gasteiger partial charge on any atom is -0.355 e. The van der Waals surface area contributed by atoms with E-state index in [-0.39, 0.29) is 11.6 Å². The van der Waals surface area contributed by atoms with Crippen LogP contribution < -0.4 is 5.32 Å². The van der Waals surface area contributed by atoms with Crippen molar-refractivity contribution in [2.75, 3.05) is 0 Å². The van der Waals surface area contributed by atoms with E-state index in [1.54, 1.807) is 42.7 Å². The molecule has 23 heavy (non-hydrogen) atoms. The molecule has 116 valence electrons. The molecule has 0 aliphatic heterocycles. The monoisotopic (exact) mass is 347 g/mol. The molecular formula is C16H11Cl2N3O2. The Morgan fingerprint density at radius 3 is 2.78 bits per heavy atom. The fraction of sp³-hybridized carbons (Fsp3) is 0.0625. The Morgan fingerprint density at radius 1 is 1.17 bits per heavy atom. The van der Waals surface area contributed by atoms with Gasteiger partial charge >= 0.3 is 0 Å². The van der Waals surface area contributed by atoms with E-state index in [0.29, 0.717) is 27.9 Å². The molecule has 0 unspecified atom stereocenters. The van der Waals surface area contributed by atoms with Crippen LogP contribution in [-0.2, 0) is 6.54 Å². The van der Waals surface area contributed by atoms with Crippen LogP contribution >= 0.6 is 23.2 Å². The predicted octanol–water partition coefficient (Wildman–Crippen LogP) is 3.97. The van der Waals surface area contributed by atoms with Crippen molar-refractivity contribution >= 4 is 29.1 Å². The van der Waals surface area contributed by atoms with Gasteiger partial charge in [-0.15, -0.1) is 0 Å². The molecule has 2 heterocycles. The highest BCUT2D eigenvalue weighted by Crippen LogP contribution is 2.28. The van der Waals surface area contributed by atoms with Gasteiger partial charge in [0.25, 0.3) is 5.91 Å². The molecule has 3 rings (SSSR count). The number of rotatable bonds is 4. The first kappa shape index (κ1) is 15.5. The number of pyridine rings is 1. The average molecular weight is 348 g/mol. The summed E-state index contributed by atoms with van der Waals surface area (Å²) < 4.78 is 5.19. The molecule has 0 fully saturated rings. The fourth-order valence-electron chi connectivity index (χ4n) is 1.94. The number of carbonyl (C=O) groups excluding carboxylic acids is 1. The van der Waals surface area contributed by atoms with Crippen molar-refractivity contribution in [3.63, 3.8) is 0 Å². The number of hydrogen-bond acceptors (Lipinski definition) is 4. The third kappa shape index (κ3) is 3.70. The summed E-state index contributed by atoms with van der Waals surface area (Å²) in [4.78, 5) is 16.1. The minimum absolute atomic E-state index is 0.190. The molecule has 0 aliphatic rings. The zero-order valence-electron chi connectivity index (χ0n) is 11.8. The second-order valence-electron chi connectivity index (χ2n) is 4.75. The molecule has 0 saturated heterocycles. The third-order valence-electron chi connectivity index (χ3n) is 3.12. The van der Waals surface area contributed by atoms with Crippen LogP contribution in [0.5, 0.6) is 0 Å². The zero-order valence-corrected chi connectivity index (χ0v) is 13.3. The van der Waals surface area contributed by atoms with Gasteiger partial charge in [-0.05, 0) is 29.8 Å². The molecule has 1 N–H and O–H groups in total. The average Bonchev–Trinajstić information content (AvgIpc) is 3.06. The standard InChI is InChI=1S/C16H11Cl2N3O2/c17-12-4-3-11(6-13(12)18)15-7-14(21-23-15)16(22)20-9-10-2-1-5-19-8-10/h1-8H,9H2,(H,20,22). The van der Waals surface area contributed by atoms with Crippen molar-refractivity contribution in [1.29, 1.82) is 0 Å². The van der Waals surface area contributed by atoms with Gasteiger partial charge in [0.1, 0.15) is 0 Å². The second-order valence-corrected chi connectivity index (χ2v) is 5.56. The van der Waals surface area contributed by atoms with Crippen molar-refractivity contribution in [2.24, 2.45) is 0 Å². The van der Waals surface area contributed by atoms with Crippen LogP contribution in [0.3, 0.4) is 0 Å². The molecule has 0 aliphatic carbocycles. The first-order valence-electron chi connectivity index (χ1n) is 6.73. The molecule has 0 bridgehead atoms. The number of halogens is 2. The Labute approximate surface area is 142 Å². The maximum absolute atomic E-state index is 12.1. The number of aromatic nitrogens is 2. The number of benzene rings is 1. The summed E-state index contributed by atoms with van der Waals surface area (Å²) in [5.41, 5.74) is 1.78. The van der Waals surface area contributed by atoms with Crippen LogP contribution in [-0.4, -0.2) is 16.0 Å². The van der Waals surface area contributed by atoms with Gasteiger partial charge < -0.3 is 9.84 Å². The Morgan fingerprint density at radius 2 is 2.04 bits per heavy atom.